The lowest BCUT2D eigenvalue weighted by Crippen LogP contribution is -2.27. The standard InChI is InChI=1S/C14H12F2N2O/c1-18(10-7-5-9(15)6-8-10)14(19)11-3-2-4-12(16)13(11)17/h2-8H,17H2,1H3. The second-order valence-electron chi connectivity index (χ2n) is 4.04. The van der Waals surface area contributed by atoms with Gasteiger partial charge in [0.1, 0.15) is 11.6 Å². The van der Waals surface area contributed by atoms with Crippen molar-refractivity contribution in [3.05, 3.63) is 59.7 Å². The number of nitrogens with two attached hydrogens (primary N) is 1. The summed E-state index contributed by atoms with van der Waals surface area (Å²) >= 11 is 0. The number of amides is 1. The van der Waals surface area contributed by atoms with Crippen LogP contribution in [0.25, 0.3) is 0 Å². The van der Waals surface area contributed by atoms with Gasteiger partial charge < -0.3 is 10.6 Å². The molecule has 0 bridgehead atoms. The van der Waals surface area contributed by atoms with Crippen LogP contribution in [0, 0.1) is 11.6 Å². The number of hydrogen-bond acceptors (Lipinski definition) is 2. The third-order valence-electron chi connectivity index (χ3n) is 2.80. The van der Waals surface area contributed by atoms with Gasteiger partial charge in [-0.1, -0.05) is 6.07 Å². The summed E-state index contributed by atoms with van der Waals surface area (Å²) in [7, 11) is 1.51. The van der Waals surface area contributed by atoms with Crippen LogP contribution in [0.3, 0.4) is 0 Å². The number of carbonyl (C=O) groups is 1. The van der Waals surface area contributed by atoms with E-state index >= 15 is 0 Å². The van der Waals surface area contributed by atoms with E-state index < -0.39 is 17.5 Å². The number of carbonyl (C=O) groups excluding carboxylic acids is 1. The molecule has 5 heteroatoms. The minimum absolute atomic E-state index is 0.0758. The van der Waals surface area contributed by atoms with Crippen LogP contribution in [0.4, 0.5) is 20.2 Å². The molecule has 98 valence electrons. The first-order valence-electron chi connectivity index (χ1n) is 5.58. The zero-order chi connectivity index (χ0) is 14.0. The Kier molecular flexibility index (Phi) is 3.46. The van der Waals surface area contributed by atoms with Gasteiger partial charge in [0.25, 0.3) is 5.91 Å². The Balaban J connectivity index is 2.33. The average Bonchev–Trinajstić information content (AvgIpc) is 2.41. The molecule has 0 fully saturated rings. The minimum Gasteiger partial charge on any atom is -0.396 e. The quantitative estimate of drug-likeness (QED) is 0.846. The molecule has 19 heavy (non-hydrogen) atoms. The first-order valence-corrected chi connectivity index (χ1v) is 5.58. The second-order valence-corrected chi connectivity index (χ2v) is 4.04. The molecular formula is C14H12F2N2O. The Labute approximate surface area is 109 Å². The molecule has 0 unspecified atom stereocenters. The minimum atomic E-state index is -0.640. The molecule has 3 nitrogen and oxygen atoms in total. The zero-order valence-corrected chi connectivity index (χ0v) is 10.2. The Hall–Kier alpha value is -2.43. The fourth-order valence-corrected chi connectivity index (χ4v) is 1.69. The van der Waals surface area contributed by atoms with Crippen molar-refractivity contribution in [2.45, 2.75) is 0 Å². The van der Waals surface area contributed by atoms with Crippen LogP contribution in [-0.2, 0) is 0 Å². The van der Waals surface area contributed by atoms with Crippen molar-refractivity contribution in [2.24, 2.45) is 0 Å². The molecule has 0 aliphatic heterocycles. The number of nitrogens with zero attached hydrogens (tertiary/aromatic N) is 1. The highest BCUT2D eigenvalue weighted by molar-refractivity contribution is 6.09. The van der Waals surface area contributed by atoms with Crippen molar-refractivity contribution in [3.8, 4) is 0 Å². The number of rotatable bonds is 2. The summed E-state index contributed by atoms with van der Waals surface area (Å²) in [4.78, 5) is 13.5. The van der Waals surface area contributed by atoms with Gasteiger partial charge in [-0.3, -0.25) is 4.79 Å². The summed E-state index contributed by atoms with van der Waals surface area (Å²) in [5.74, 6) is -1.49. The predicted octanol–water partition coefficient (Wildman–Crippen LogP) is 2.82. The lowest BCUT2D eigenvalue weighted by Gasteiger charge is -2.18. The highest BCUT2D eigenvalue weighted by Gasteiger charge is 2.17. The molecule has 0 saturated heterocycles. The third-order valence-corrected chi connectivity index (χ3v) is 2.80. The van der Waals surface area contributed by atoms with Gasteiger partial charge in [0.2, 0.25) is 0 Å². The molecule has 0 aromatic heterocycles. The van der Waals surface area contributed by atoms with Crippen molar-refractivity contribution < 1.29 is 13.6 Å². The van der Waals surface area contributed by atoms with E-state index in [0.29, 0.717) is 5.69 Å². The van der Waals surface area contributed by atoms with Crippen LogP contribution < -0.4 is 10.6 Å². The Bertz CT molecular complexity index is 611. The topological polar surface area (TPSA) is 46.3 Å². The largest absolute Gasteiger partial charge is 0.396 e. The van der Waals surface area contributed by atoms with Gasteiger partial charge in [0, 0.05) is 12.7 Å². The summed E-state index contributed by atoms with van der Waals surface area (Å²) in [6, 6.07) is 9.45. The Morgan fingerprint density at radius 1 is 1.11 bits per heavy atom. The molecule has 0 spiro atoms. The molecule has 2 rings (SSSR count). The highest BCUT2D eigenvalue weighted by Crippen LogP contribution is 2.21. The van der Waals surface area contributed by atoms with Crippen molar-refractivity contribution >= 4 is 17.3 Å². The molecular weight excluding hydrogens is 250 g/mol. The van der Waals surface area contributed by atoms with E-state index in [0.717, 1.165) is 0 Å². The van der Waals surface area contributed by atoms with Crippen LogP contribution in [0.2, 0.25) is 0 Å². The maximum atomic E-state index is 13.3. The highest BCUT2D eigenvalue weighted by atomic mass is 19.1. The van der Waals surface area contributed by atoms with E-state index in [1.165, 1.54) is 54.4 Å². The van der Waals surface area contributed by atoms with Gasteiger partial charge in [0.15, 0.2) is 0 Å². The second kappa shape index (κ2) is 5.06. The molecule has 0 aliphatic rings. The van der Waals surface area contributed by atoms with Crippen LogP contribution in [-0.4, -0.2) is 13.0 Å². The van der Waals surface area contributed by atoms with Gasteiger partial charge in [-0.25, -0.2) is 8.78 Å². The van der Waals surface area contributed by atoms with Crippen molar-refractivity contribution in [1.82, 2.24) is 0 Å². The summed E-state index contributed by atoms with van der Waals surface area (Å²) < 4.78 is 26.1. The first-order chi connectivity index (χ1) is 9.00. The monoisotopic (exact) mass is 262 g/mol. The van der Waals surface area contributed by atoms with E-state index in [-0.39, 0.29) is 11.3 Å². The molecule has 2 aromatic rings. The molecule has 2 N–H and O–H groups in total. The Morgan fingerprint density at radius 2 is 1.74 bits per heavy atom. The van der Waals surface area contributed by atoms with Gasteiger partial charge in [-0.2, -0.15) is 0 Å². The van der Waals surface area contributed by atoms with E-state index in [9.17, 15) is 13.6 Å². The molecule has 0 aliphatic carbocycles. The summed E-state index contributed by atoms with van der Waals surface area (Å²) in [5.41, 5.74) is 5.92. The summed E-state index contributed by atoms with van der Waals surface area (Å²) in [6.07, 6.45) is 0. The molecule has 2 aromatic carbocycles. The van der Waals surface area contributed by atoms with Crippen molar-refractivity contribution in [3.63, 3.8) is 0 Å². The summed E-state index contributed by atoms with van der Waals surface area (Å²) in [6.45, 7) is 0. The lowest BCUT2D eigenvalue weighted by atomic mass is 10.1. The molecule has 0 atom stereocenters. The fourth-order valence-electron chi connectivity index (χ4n) is 1.69. The van der Waals surface area contributed by atoms with E-state index in [2.05, 4.69) is 0 Å². The van der Waals surface area contributed by atoms with E-state index in [1.54, 1.807) is 0 Å². The van der Waals surface area contributed by atoms with Crippen molar-refractivity contribution in [2.75, 3.05) is 17.7 Å². The normalized spacial score (nSPS) is 10.3. The molecule has 1 amide bonds. The molecule has 0 heterocycles. The van der Waals surface area contributed by atoms with Gasteiger partial charge in [0.05, 0.1) is 11.3 Å². The predicted molar refractivity (Wildman–Crippen MR) is 69.9 cm³/mol. The van der Waals surface area contributed by atoms with Gasteiger partial charge in [-0.05, 0) is 36.4 Å². The maximum absolute atomic E-state index is 13.3. The smallest absolute Gasteiger partial charge is 0.260 e. The van der Waals surface area contributed by atoms with Crippen LogP contribution >= 0.6 is 0 Å². The number of benzene rings is 2. The zero-order valence-electron chi connectivity index (χ0n) is 10.2. The SMILES string of the molecule is CN(C(=O)c1cccc(F)c1N)c1ccc(F)cc1. The first kappa shape index (κ1) is 13.0. The van der Waals surface area contributed by atoms with Gasteiger partial charge >= 0.3 is 0 Å². The average molecular weight is 262 g/mol. The number of nitrogen functional groups attached to an aromatic ring is 1. The summed E-state index contributed by atoms with van der Waals surface area (Å²) in [5, 5.41) is 0. The van der Waals surface area contributed by atoms with Crippen LogP contribution in [0.1, 0.15) is 10.4 Å². The molecule has 0 radical (unpaired) electrons. The molecule has 0 saturated carbocycles. The number of halogens is 2. The van der Waals surface area contributed by atoms with Crippen molar-refractivity contribution in [1.29, 1.82) is 0 Å². The van der Waals surface area contributed by atoms with E-state index in [1.807, 2.05) is 0 Å². The fraction of sp³-hybridized carbons (Fsp3) is 0.0714. The van der Waals surface area contributed by atoms with Crippen LogP contribution in [0.5, 0.6) is 0 Å². The number of hydrogen-bond donors (Lipinski definition) is 1. The van der Waals surface area contributed by atoms with Gasteiger partial charge in [-0.15, -0.1) is 0 Å². The maximum Gasteiger partial charge on any atom is 0.260 e. The van der Waals surface area contributed by atoms with Crippen LogP contribution in [0.15, 0.2) is 42.5 Å². The third kappa shape index (κ3) is 2.54. The Morgan fingerprint density at radius 3 is 2.37 bits per heavy atom. The number of anilines is 2. The van der Waals surface area contributed by atoms with E-state index in [4.69, 9.17) is 5.73 Å². The lowest BCUT2D eigenvalue weighted by molar-refractivity contribution is 0.0993. The number of para-hydroxylation sites is 1.